The molecule has 2 unspecified atom stereocenters. The molecular weight excluding hydrogens is 456 g/mol. The first kappa shape index (κ1) is 24.5. The predicted molar refractivity (Wildman–Crippen MR) is 137 cm³/mol. The summed E-state index contributed by atoms with van der Waals surface area (Å²) in [5, 5.41) is 3.32. The van der Waals surface area contributed by atoms with E-state index in [9.17, 15) is 19.2 Å². The first-order chi connectivity index (χ1) is 17.3. The number of hydrogen-bond donors (Lipinski definition) is 0. The molecule has 2 atom stereocenters. The molecule has 0 radical (unpaired) electrons. The van der Waals surface area contributed by atoms with Crippen molar-refractivity contribution in [1.82, 2.24) is 0 Å². The Morgan fingerprint density at radius 3 is 1.33 bits per heavy atom. The smallest absolute Gasteiger partial charge is 0.331 e. The Hall–Kier alpha value is -4.58. The number of benzene rings is 4. The van der Waals surface area contributed by atoms with Crippen LogP contribution in [0.3, 0.4) is 0 Å². The van der Waals surface area contributed by atoms with E-state index < -0.39 is 24.1 Å². The quantitative estimate of drug-likeness (QED) is 0.189. The Bertz CT molecular complexity index is 1380. The molecule has 0 aromatic heterocycles. The van der Waals surface area contributed by atoms with Crippen LogP contribution in [0.4, 0.5) is 0 Å². The van der Waals surface area contributed by atoms with Gasteiger partial charge in [0.25, 0.3) is 0 Å². The highest BCUT2D eigenvalue weighted by molar-refractivity contribution is 6.11. The molecule has 0 fully saturated rings. The number of esters is 2. The lowest BCUT2D eigenvalue weighted by molar-refractivity contribution is -0.143. The standard InChI is InChI=1S/C30H24O6/c1-19(29(33)25-15-7-11-21-9-3-5-13-23(21)25)35-27(31)17-18-28(32)36-20(2)30(34)26-16-8-12-22-10-4-6-14-24(22)26/h3-20H,1-2H3/b18-17+. The largest absolute Gasteiger partial charge is 0.451 e. The summed E-state index contributed by atoms with van der Waals surface area (Å²) in [7, 11) is 0. The molecule has 6 heteroatoms. The van der Waals surface area contributed by atoms with Gasteiger partial charge < -0.3 is 9.47 Å². The van der Waals surface area contributed by atoms with Crippen LogP contribution in [0.1, 0.15) is 34.6 Å². The van der Waals surface area contributed by atoms with Gasteiger partial charge in [0.15, 0.2) is 12.2 Å². The maximum Gasteiger partial charge on any atom is 0.331 e. The van der Waals surface area contributed by atoms with E-state index in [-0.39, 0.29) is 11.6 Å². The zero-order valence-corrected chi connectivity index (χ0v) is 19.8. The van der Waals surface area contributed by atoms with E-state index in [1.54, 1.807) is 24.3 Å². The minimum atomic E-state index is -1.06. The molecule has 0 aliphatic heterocycles. The van der Waals surface area contributed by atoms with Gasteiger partial charge in [0.1, 0.15) is 0 Å². The molecule has 4 aromatic carbocycles. The van der Waals surface area contributed by atoms with Crippen LogP contribution in [-0.2, 0) is 19.1 Å². The van der Waals surface area contributed by atoms with E-state index in [0.717, 1.165) is 33.7 Å². The number of ether oxygens (including phenoxy) is 2. The van der Waals surface area contributed by atoms with Crippen LogP contribution in [-0.4, -0.2) is 35.7 Å². The number of hydrogen-bond acceptors (Lipinski definition) is 6. The van der Waals surface area contributed by atoms with Crippen LogP contribution in [0.2, 0.25) is 0 Å². The van der Waals surface area contributed by atoms with Crippen LogP contribution in [0.15, 0.2) is 97.1 Å². The van der Waals surface area contributed by atoms with Gasteiger partial charge in [-0.3, -0.25) is 9.59 Å². The zero-order valence-electron chi connectivity index (χ0n) is 19.8. The Labute approximate surface area is 208 Å². The summed E-state index contributed by atoms with van der Waals surface area (Å²) >= 11 is 0. The normalized spacial score (nSPS) is 12.8. The highest BCUT2D eigenvalue weighted by Crippen LogP contribution is 2.22. The van der Waals surface area contributed by atoms with Crippen molar-refractivity contribution in [3.8, 4) is 0 Å². The molecule has 0 amide bonds. The highest BCUT2D eigenvalue weighted by Gasteiger charge is 2.22. The summed E-state index contributed by atoms with van der Waals surface area (Å²) in [6, 6.07) is 25.5. The lowest BCUT2D eigenvalue weighted by atomic mass is 9.99. The van der Waals surface area contributed by atoms with E-state index in [1.165, 1.54) is 13.8 Å². The van der Waals surface area contributed by atoms with E-state index in [0.29, 0.717) is 11.1 Å². The number of rotatable bonds is 8. The van der Waals surface area contributed by atoms with E-state index in [4.69, 9.17) is 9.47 Å². The summed E-state index contributed by atoms with van der Waals surface area (Å²) < 4.78 is 10.4. The maximum absolute atomic E-state index is 12.9. The fourth-order valence-electron chi connectivity index (χ4n) is 3.99. The van der Waals surface area contributed by atoms with Crippen molar-refractivity contribution >= 4 is 45.0 Å². The van der Waals surface area contributed by atoms with Crippen LogP contribution in [0.5, 0.6) is 0 Å². The van der Waals surface area contributed by atoms with Crippen molar-refractivity contribution < 1.29 is 28.7 Å². The Morgan fingerprint density at radius 1 is 0.556 bits per heavy atom. The van der Waals surface area contributed by atoms with Gasteiger partial charge >= 0.3 is 11.9 Å². The third-order valence-corrected chi connectivity index (χ3v) is 5.79. The van der Waals surface area contributed by atoms with E-state index in [2.05, 4.69) is 0 Å². The molecule has 180 valence electrons. The van der Waals surface area contributed by atoms with Crippen LogP contribution in [0, 0.1) is 0 Å². The Balaban J connectivity index is 1.35. The monoisotopic (exact) mass is 480 g/mol. The number of carbonyl (C=O) groups is 4. The fraction of sp³-hybridized carbons (Fsp3) is 0.133. The number of Topliss-reactive ketones (excluding diaryl/α,β-unsaturated/α-hetero) is 2. The molecular formula is C30H24O6. The molecule has 0 spiro atoms. The van der Waals surface area contributed by atoms with Crippen LogP contribution < -0.4 is 0 Å². The lowest BCUT2D eigenvalue weighted by Crippen LogP contribution is -2.25. The van der Waals surface area contributed by atoms with E-state index in [1.807, 2.05) is 60.7 Å². The topological polar surface area (TPSA) is 86.7 Å². The van der Waals surface area contributed by atoms with Crippen molar-refractivity contribution in [1.29, 1.82) is 0 Å². The van der Waals surface area contributed by atoms with Gasteiger partial charge in [-0.15, -0.1) is 0 Å². The molecule has 0 saturated carbocycles. The number of carbonyl (C=O) groups excluding carboxylic acids is 4. The maximum atomic E-state index is 12.9. The van der Waals surface area contributed by atoms with Gasteiger partial charge in [0, 0.05) is 23.3 Å². The van der Waals surface area contributed by atoms with Crippen molar-refractivity contribution in [3.05, 3.63) is 108 Å². The summed E-state index contributed by atoms with van der Waals surface area (Å²) in [4.78, 5) is 50.1. The molecule has 6 nitrogen and oxygen atoms in total. The van der Waals surface area contributed by atoms with Crippen LogP contribution in [0.25, 0.3) is 21.5 Å². The van der Waals surface area contributed by atoms with Crippen molar-refractivity contribution in [2.75, 3.05) is 0 Å². The van der Waals surface area contributed by atoms with Crippen LogP contribution >= 0.6 is 0 Å². The highest BCUT2D eigenvalue weighted by atomic mass is 16.6. The molecule has 4 rings (SSSR count). The molecule has 0 heterocycles. The average Bonchev–Trinajstić information content (AvgIpc) is 2.90. The summed E-state index contributed by atoms with van der Waals surface area (Å²) in [5.74, 6) is -2.46. The second kappa shape index (κ2) is 10.8. The van der Waals surface area contributed by atoms with Gasteiger partial charge in [0.05, 0.1) is 0 Å². The Kier molecular flexibility index (Phi) is 7.35. The first-order valence-corrected chi connectivity index (χ1v) is 11.5. The summed E-state index contributed by atoms with van der Waals surface area (Å²) in [6.07, 6.45) is -0.360. The summed E-state index contributed by atoms with van der Waals surface area (Å²) in [5.41, 5.74) is 0.884. The van der Waals surface area contributed by atoms with Crippen molar-refractivity contribution in [3.63, 3.8) is 0 Å². The van der Waals surface area contributed by atoms with Gasteiger partial charge in [0.2, 0.25) is 11.6 Å². The molecule has 0 aliphatic carbocycles. The molecule has 0 aliphatic rings. The third kappa shape index (κ3) is 5.39. The summed E-state index contributed by atoms with van der Waals surface area (Å²) in [6.45, 7) is 2.94. The second-order valence-electron chi connectivity index (χ2n) is 8.27. The minimum Gasteiger partial charge on any atom is -0.451 e. The Morgan fingerprint density at radius 2 is 0.917 bits per heavy atom. The minimum absolute atomic E-state index is 0.356. The van der Waals surface area contributed by atoms with Gasteiger partial charge in [-0.05, 0) is 35.4 Å². The molecule has 36 heavy (non-hydrogen) atoms. The van der Waals surface area contributed by atoms with Crippen molar-refractivity contribution in [2.24, 2.45) is 0 Å². The van der Waals surface area contributed by atoms with Gasteiger partial charge in [-0.1, -0.05) is 84.9 Å². The zero-order chi connectivity index (χ0) is 25.7. The van der Waals surface area contributed by atoms with Gasteiger partial charge in [-0.2, -0.15) is 0 Å². The first-order valence-electron chi connectivity index (χ1n) is 11.5. The third-order valence-electron chi connectivity index (χ3n) is 5.79. The number of ketones is 2. The van der Waals surface area contributed by atoms with E-state index >= 15 is 0 Å². The average molecular weight is 481 g/mol. The number of fused-ring (bicyclic) bond motifs is 2. The molecule has 4 aromatic rings. The van der Waals surface area contributed by atoms with Crippen molar-refractivity contribution in [2.45, 2.75) is 26.1 Å². The molecule has 0 N–H and O–H groups in total. The van der Waals surface area contributed by atoms with Gasteiger partial charge in [-0.25, -0.2) is 9.59 Å². The fourth-order valence-corrected chi connectivity index (χ4v) is 3.99. The lowest BCUT2D eigenvalue weighted by Gasteiger charge is -2.13. The molecule has 0 bridgehead atoms. The predicted octanol–water partition coefficient (Wildman–Crippen LogP) is 5.48. The SMILES string of the molecule is CC(OC(=O)/C=C/C(=O)OC(C)C(=O)c1cccc2ccccc12)C(=O)c1cccc2ccccc12. The molecule has 0 saturated heterocycles. The second-order valence-corrected chi connectivity index (χ2v) is 8.27.